The Kier molecular flexibility index (Phi) is 6.05. The largest absolute Gasteiger partial charge is 0.449 e. The Morgan fingerprint density at radius 3 is 2.70 bits per heavy atom. The lowest BCUT2D eigenvalue weighted by atomic mass is 10.0. The number of pyridine rings is 2. The number of anilines is 3. The van der Waals surface area contributed by atoms with Crippen molar-refractivity contribution in [3.8, 4) is 11.1 Å². The van der Waals surface area contributed by atoms with Crippen LogP contribution in [0.15, 0.2) is 36.8 Å². The molecule has 0 aromatic carbocycles. The van der Waals surface area contributed by atoms with Crippen molar-refractivity contribution in [2.45, 2.75) is 50.8 Å². The molecule has 0 bridgehead atoms. The minimum atomic E-state index is -4.42. The van der Waals surface area contributed by atoms with Gasteiger partial charge in [0.1, 0.15) is 35.6 Å². The van der Waals surface area contributed by atoms with E-state index in [0.29, 0.717) is 46.3 Å². The fourth-order valence-corrected chi connectivity index (χ4v) is 4.66. The lowest BCUT2D eigenvalue weighted by molar-refractivity contribution is -0.142. The summed E-state index contributed by atoms with van der Waals surface area (Å²) in [4.78, 5) is 22.8. The number of rotatable bonds is 5. The summed E-state index contributed by atoms with van der Waals surface area (Å²) in [5, 5.41) is 6.92. The third kappa shape index (κ3) is 5.22. The Balaban J connectivity index is 1.50. The van der Waals surface area contributed by atoms with Gasteiger partial charge in [-0.05, 0) is 32.4 Å². The monoisotopic (exact) mass is 519 g/mol. The molecule has 0 unspecified atom stereocenters. The Morgan fingerprint density at radius 1 is 1.19 bits per heavy atom. The maximum atomic E-state index is 14.4. The summed E-state index contributed by atoms with van der Waals surface area (Å²) in [5.74, 6) is 0.330. The number of aromatic nitrogens is 4. The second-order valence-electron chi connectivity index (χ2n) is 9.74. The molecule has 0 spiro atoms. The third-order valence-electron chi connectivity index (χ3n) is 6.23. The van der Waals surface area contributed by atoms with Crippen LogP contribution in [0.1, 0.15) is 36.3 Å². The smallest absolute Gasteiger partial charge is 0.408 e. The van der Waals surface area contributed by atoms with Crippen molar-refractivity contribution in [2.75, 3.05) is 23.3 Å². The van der Waals surface area contributed by atoms with E-state index >= 15 is 0 Å². The van der Waals surface area contributed by atoms with Gasteiger partial charge in [0, 0.05) is 48.7 Å². The average Bonchev–Trinajstić information content (AvgIpc) is 3.33. The van der Waals surface area contributed by atoms with Crippen molar-refractivity contribution in [1.82, 2.24) is 19.7 Å². The molecule has 0 amide bonds. The molecule has 9 nitrogen and oxygen atoms in total. The number of nitrogens with zero attached hydrogens (tertiary/aromatic N) is 5. The Morgan fingerprint density at radius 2 is 1.97 bits per heavy atom. The summed E-state index contributed by atoms with van der Waals surface area (Å²) in [7, 11) is 0. The number of nitrogens with two attached hydrogens (primary N) is 1. The molecule has 3 aromatic heterocycles. The lowest BCUT2D eigenvalue weighted by Crippen LogP contribution is -2.48. The summed E-state index contributed by atoms with van der Waals surface area (Å²) in [6.45, 7) is 2.68. The number of piperidine rings is 1. The van der Waals surface area contributed by atoms with Crippen molar-refractivity contribution in [3.63, 3.8) is 0 Å². The SMILES string of the molecule is CC1(C)OC(=O)c2ccc(Nc3cc(N4C[C@@H](N)C[C@H](F)C4)c(-c4cnn(CC(F)(F)F)c4)cn3)nc21. The molecule has 2 atom stereocenters. The first kappa shape index (κ1) is 24.9. The van der Waals surface area contributed by atoms with Gasteiger partial charge in [-0.2, -0.15) is 18.3 Å². The quantitative estimate of drug-likeness (QED) is 0.386. The number of fused-ring (bicyclic) bond motifs is 1. The number of halogens is 4. The van der Waals surface area contributed by atoms with E-state index in [4.69, 9.17) is 10.5 Å². The van der Waals surface area contributed by atoms with Crippen molar-refractivity contribution in [1.29, 1.82) is 0 Å². The molecular formula is C24H25F4N7O2. The van der Waals surface area contributed by atoms with Gasteiger partial charge in [0.2, 0.25) is 0 Å². The minimum Gasteiger partial charge on any atom is -0.449 e. The van der Waals surface area contributed by atoms with E-state index in [1.54, 1.807) is 36.9 Å². The first-order chi connectivity index (χ1) is 17.4. The summed E-state index contributed by atoms with van der Waals surface area (Å²) in [6, 6.07) is 4.49. The number of ether oxygens (including phenoxy) is 1. The van der Waals surface area contributed by atoms with Crippen molar-refractivity contribution < 1.29 is 27.1 Å². The van der Waals surface area contributed by atoms with E-state index in [1.807, 2.05) is 0 Å². The molecule has 2 aliphatic heterocycles. The predicted molar refractivity (Wildman–Crippen MR) is 127 cm³/mol. The molecule has 196 valence electrons. The topological polar surface area (TPSA) is 111 Å². The van der Waals surface area contributed by atoms with Gasteiger partial charge in [-0.1, -0.05) is 0 Å². The molecule has 37 heavy (non-hydrogen) atoms. The van der Waals surface area contributed by atoms with Gasteiger partial charge >= 0.3 is 12.1 Å². The van der Waals surface area contributed by atoms with Crippen LogP contribution in [0.3, 0.4) is 0 Å². The van der Waals surface area contributed by atoms with Gasteiger partial charge in [0.25, 0.3) is 0 Å². The molecule has 5 heterocycles. The molecule has 0 saturated carbocycles. The molecular weight excluding hydrogens is 494 g/mol. The number of hydrogen-bond donors (Lipinski definition) is 2. The Bertz CT molecular complexity index is 1330. The van der Waals surface area contributed by atoms with Crippen LogP contribution in [0.25, 0.3) is 11.1 Å². The average molecular weight is 520 g/mol. The van der Waals surface area contributed by atoms with E-state index in [-0.39, 0.29) is 13.0 Å². The molecule has 3 aromatic rings. The Labute approximate surface area is 209 Å². The second-order valence-corrected chi connectivity index (χ2v) is 9.74. The van der Waals surface area contributed by atoms with Crippen LogP contribution in [-0.4, -0.2) is 57.2 Å². The van der Waals surface area contributed by atoms with Crippen LogP contribution < -0.4 is 16.0 Å². The number of carbonyl (C=O) groups excluding carboxylic acids is 1. The van der Waals surface area contributed by atoms with E-state index in [1.165, 1.54) is 18.6 Å². The molecule has 0 aliphatic carbocycles. The molecule has 13 heteroatoms. The zero-order valence-electron chi connectivity index (χ0n) is 20.1. The summed E-state index contributed by atoms with van der Waals surface area (Å²) >= 11 is 0. The van der Waals surface area contributed by atoms with Crippen LogP contribution in [0.2, 0.25) is 0 Å². The van der Waals surface area contributed by atoms with E-state index in [0.717, 1.165) is 4.68 Å². The zero-order valence-corrected chi connectivity index (χ0v) is 20.1. The summed E-state index contributed by atoms with van der Waals surface area (Å²) in [6.07, 6.45) is -1.28. The molecule has 0 radical (unpaired) electrons. The number of esters is 1. The summed E-state index contributed by atoms with van der Waals surface area (Å²) < 4.78 is 59.1. The fraction of sp³-hybridized carbons (Fsp3) is 0.417. The number of cyclic esters (lactones) is 1. The first-order valence-electron chi connectivity index (χ1n) is 11.6. The van der Waals surface area contributed by atoms with Crippen molar-refractivity contribution in [3.05, 3.63) is 48.0 Å². The standard InChI is InChI=1S/C24H25F4N7O2/c1-23(2)21-16(22(36)37-23)3-4-19(33-21)32-20-6-18(34-10-14(25)5-15(29)11-34)17(8-30-20)13-7-31-35(9-13)12-24(26,27)28/h3-4,6-9,14-15H,5,10-12,29H2,1-2H3,(H,30,32,33)/t14-,15-/m0/s1. The highest BCUT2D eigenvalue weighted by atomic mass is 19.4. The first-order valence-corrected chi connectivity index (χ1v) is 11.6. The number of carbonyl (C=O) groups is 1. The van der Waals surface area contributed by atoms with Gasteiger partial charge < -0.3 is 20.7 Å². The van der Waals surface area contributed by atoms with Gasteiger partial charge in [0.15, 0.2) is 0 Å². The highest BCUT2D eigenvalue weighted by Crippen LogP contribution is 2.37. The van der Waals surface area contributed by atoms with E-state index in [9.17, 15) is 22.4 Å². The van der Waals surface area contributed by atoms with Crippen LogP contribution >= 0.6 is 0 Å². The van der Waals surface area contributed by atoms with Crippen LogP contribution in [0, 0.1) is 0 Å². The minimum absolute atomic E-state index is 0.0750. The molecule has 3 N–H and O–H groups in total. The summed E-state index contributed by atoms with van der Waals surface area (Å²) in [5.41, 5.74) is 7.48. The maximum absolute atomic E-state index is 14.4. The number of nitrogens with one attached hydrogen (secondary N) is 1. The van der Waals surface area contributed by atoms with Crippen LogP contribution in [0.5, 0.6) is 0 Å². The van der Waals surface area contributed by atoms with Crippen LogP contribution in [-0.2, 0) is 16.9 Å². The normalized spacial score (nSPS) is 21.1. The lowest BCUT2D eigenvalue weighted by Gasteiger charge is -2.35. The molecule has 2 aliphatic rings. The van der Waals surface area contributed by atoms with Crippen molar-refractivity contribution >= 4 is 23.3 Å². The Hall–Kier alpha value is -3.74. The predicted octanol–water partition coefficient (Wildman–Crippen LogP) is 3.93. The molecule has 5 rings (SSSR count). The van der Waals surface area contributed by atoms with E-state index in [2.05, 4.69) is 20.4 Å². The number of alkyl halides is 4. The molecule has 1 saturated heterocycles. The van der Waals surface area contributed by atoms with Gasteiger partial charge in [-0.25, -0.2) is 19.2 Å². The number of hydrogen-bond acceptors (Lipinski definition) is 8. The maximum Gasteiger partial charge on any atom is 0.408 e. The fourth-order valence-electron chi connectivity index (χ4n) is 4.66. The zero-order chi connectivity index (χ0) is 26.5. The highest BCUT2D eigenvalue weighted by molar-refractivity contribution is 5.94. The third-order valence-corrected chi connectivity index (χ3v) is 6.23. The van der Waals surface area contributed by atoms with Gasteiger partial charge in [-0.3, -0.25) is 4.68 Å². The van der Waals surface area contributed by atoms with E-state index < -0.39 is 36.5 Å². The van der Waals surface area contributed by atoms with Crippen molar-refractivity contribution in [2.24, 2.45) is 5.73 Å². The molecule has 1 fully saturated rings. The van der Waals surface area contributed by atoms with Crippen LogP contribution in [0.4, 0.5) is 34.9 Å². The highest BCUT2D eigenvalue weighted by Gasteiger charge is 2.39. The van der Waals surface area contributed by atoms with Gasteiger partial charge in [0.05, 0.1) is 17.4 Å². The second kappa shape index (κ2) is 8.98. The van der Waals surface area contributed by atoms with Gasteiger partial charge in [-0.15, -0.1) is 0 Å².